The lowest BCUT2D eigenvalue weighted by molar-refractivity contribution is -0.350. The summed E-state index contributed by atoms with van der Waals surface area (Å²) in [5, 5.41) is 4.20. The van der Waals surface area contributed by atoms with E-state index < -0.39 is 67.3 Å². The van der Waals surface area contributed by atoms with E-state index in [1.54, 1.807) is 0 Å². The van der Waals surface area contributed by atoms with Gasteiger partial charge in [0.1, 0.15) is 18.8 Å². The molecule has 3 heterocycles. The Bertz CT molecular complexity index is 1770. The van der Waals surface area contributed by atoms with E-state index in [4.69, 9.17) is 68.2 Å². The summed E-state index contributed by atoms with van der Waals surface area (Å²) < 4.78 is 57.9. The van der Waals surface area contributed by atoms with Gasteiger partial charge in [0.2, 0.25) is 0 Å². The third-order valence-electron chi connectivity index (χ3n) is 11.2. The molecule has 2 aromatic rings. The molecule has 0 saturated carbocycles. The van der Waals surface area contributed by atoms with Crippen LogP contribution in [-0.2, 0) is 79.8 Å². The van der Waals surface area contributed by atoms with Crippen LogP contribution in [0.3, 0.4) is 0 Å². The molecule has 2 aromatic carbocycles. The number of hydrogen-bond donors (Lipinski definition) is 0. The smallest absolute Gasteiger partial charge is 0.373 e. The number of terminal acetylenes is 1. The van der Waals surface area contributed by atoms with Crippen molar-refractivity contribution in [1.29, 1.82) is 0 Å². The number of carbonyl (C=O) groups is 1. The minimum absolute atomic E-state index is 0.0891. The van der Waals surface area contributed by atoms with Crippen molar-refractivity contribution in [3.63, 3.8) is 0 Å². The Morgan fingerprint density at radius 2 is 1.23 bits per heavy atom. The van der Waals surface area contributed by atoms with Crippen LogP contribution >= 0.6 is 0 Å². The molecule has 17 nitrogen and oxygen atoms in total. The van der Waals surface area contributed by atoms with Gasteiger partial charge in [0.15, 0.2) is 18.9 Å². The highest BCUT2D eigenvalue weighted by atomic mass is 16.7. The number of esters is 1. The van der Waals surface area contributed by atoms with Crippen LogP contribution < -0.4 is 0 Å². The second-order valence-electron chi connectivity index (χ2n) is 15.5. The van der Waals surface area contributed by atoms with Crippen LogP contribution in [0.5, 0.6) is 0 Å². The van der Waals surface area contributed by atoms with Gasteiger partial charge in [-0.3, -0.25) is 4.79 Å². The molecule has 5 rings (SSSR count). The fourth-order valence-electron chi connectivity index (χ4n) is 7.78. The summed E-state index contributed by atoms with van der Waals surface area (Å²) in [7, 11) is 0. The average molecular weight is 866 g/mol. The molecule has 6 unspecified atom stereocenters. The van der Waals surface area contributed by atoms with Gasteiger partial charge in [-0.25, -0.2) is 0 Å². The highest BCUT2D eigenvalue weighted by molar-refractivity contribution is 5.65. The van der Waals surface area contributed by atoms with Crippen molar-refractivity contribution in [3.8, 4) is 12.3 Å². The monoisotopic (exact) mass is 865 g/mol. The summed E-state index contributed by atoms with van der Waals surface area (Å²) >= 11 is 0. The van der Waals surface area contributed by atoms with Crippen LogP contribution in [0.1, 0.15) is 72.4 Å². The summed E-state index contributed by atoms with van der Waals surface area (Å²) in [6.45, 7) is 14.4. The number of hydrogen-bond acceptors (Lipinski definition) is 15. The predicted octanol–water partition coefficient (Wildman–Crippen LogP) is 6.19. The third-order valence-corrected chi connectivity index (χ3v) is 11.2. The van der Waals surface area contributed by atoms with Gasteiger partial charge in [0.25, 0.3) is 0 Å². The van der Waals surface area contributed by atoms with Gasteiger partial charge in [0, 0.05) is 36.0 Å². The van der Waals surface area contributed by atoms with Crippen LogP contribution in [0, 0.1) is 36.0 Å². The molecule has 338 valence electrons. The van der Waals surface area contributed by atoms with E-state index in [9.17, 15) is 10.3 Å². The molecule has 0 amide bonds. The average Bonchev–Trinajstić information content (AvgIpc) is 3.25. The first kappa shape index (κ1) is 51.6. The zero-order valence-corrected chi connectivity index (χ0v) is 36.3. The molecule has 0 aromatic heterocycles. The Hall–Kier alpha value is -4.78. The second-order valence-corrected chi connectivity index (χ2v) is 15.5. The first-order valence-corrected chi connectivity index (χ1v) is 20.6. The molecule has 0 spiro atoms. The molecule has 0 N–H and O–H groups in total. The number of benzene rings is 2. The molecule has 0 bridgehead atoms. The molecule has 0 aliphatic carbocycles. The first-order chi connectivity index (χ1) is 29.8. The number of ether oxygens (including phenoxy) is 9. The van der Waals surface area contributed by atoms with E-state index in [2.05, 4.69) is 22.9 Å². The lowest BCUT2D eigenvalue weighted by Gasteiger charge is -2.50. The highest BCUT2D eigenvalue weighted by Crippen LogP contribution is 2.40. The van der Waals surface area contributed by atoms with Gasteiger partial charge in [-0.2, -0.15) is 19.2 Å². The number of azide groups is 1. The van der Waals surface area contributed by atoms with Crippen LogP contribution in [0.15, 0.2) is 65.8 Å². The molecule has 3 saturated heterocycles. The molecule has 62 heavy (non-hydrogen) atoms. The lowest BCUT2D eigenvalue weighted by Crippen LogP contribution is -2.62. The first-order valence-electron chi connectivity index (χ1n) is 20.6. The molecule has 0 radical (unpaired) electrons. The van der Waals surface area contributed by atoms with Crippen molar-refractivity contribution in [2.45, 2.75) is 142 Å². The van der Waals surface area contributed by atoms with Crippen molar-refractivity contribution < 1.29 is 66.6 Å². The van der Waals surface area contributed by atoms with Gasteiger partial charge < -0.3 is 42.6 Å². The maximum Gasteiger partial charge on any atom is 0.373 e. The van der Waals surface area contributed by atoms with Crippen LogP contribution in [-0.4, -0.2) is 99.1 Å². The summed E-state index contributed by atoms with van der Waals surface area (Å²) in [4.78, 5) is 47.8. The Morgan fingerprint density at radius 3 is 1.77 bits per heavy atom. The number of unbranched alkanes of at least 4 members (excludes halogenated alkanes) is 1. The van der Waals surface area contributed by atoms with E-state index in [1.165, 1.54) is 6.92 Å². The second kappa shape index (κ2) is 27.3. The Kier molecular flexibility index (Phi) is 22.7. The molecular weight excluding hydrogens is 807 g/mol. The maximum atomic E-state index is 12.1. The predicted molar refractivity (Wildman–Crippen MR) is 217 cm³/mol. The van der Waals surface area contributed by atoms with Crippen molar-refractivity contribution in [2.24, 2.45) is 28.8 Å². The molecular formula is C45H59N3O14. The topological polar surface area (TPSA) is 217 Å². The van der Waals surface area contributed by atoms with E-state index in [0.717, 1.165) is 11.1 Å². The number of carbonyl (C=O) groups excluding carboxylic acids is 5. The van der Waals surface area contributed by atoms with E-state index in [1.807, 2.05) is 95.3 Å². The number of nitrogens with zero attached hydrogens (tertiary/aromatic N) is 3. The van der Waals surface area contributed by atoms with Crippen molar-refractivity contribution in [3.05, 3.63) is 82.2 Å². The Balaban J connectivity index is 0.00000161. The standard InChI is InChI=1S/C43H59N3O10.2CO2/c1-9-10-17-22-48-41-29(5)39(51-24-34-20-15-12-16-21-34)40(31(7)53-41)56-43-36(45-46-44)27(3)38(35(54-43)25-49-32(8)47)55-42-28(4)37(26(2)30(6)52-42)50-23-33-18-13-11-14-19-33;2*2-1-3/h1,11-16,18-21,26-31,35-43H,10,17,22-25H2,2-8H3;;/t26-,27-,28?,29?,30?,31?,35?,36?,37-,38+,39+,40-,41-,42+,43+;;/m1../s1. The largest absolute Gasteiger partial charge is 0.463 e. The van der Waals surface area contributed by atoms with Gasteiger partial charge >= 0.3 is 18.3 Å². The Morgan fingerprint density at radius 1 is 0.694 bits per heavy atom. The molecule has 3 fully saturated rings. The normalized spacial score (nSPS) is 32.6. The Labute approximate surface area is 362 Å². The minimum Gasteiger partial charge on any atom is -0.463 e. The van der Waals surface area contributed by atoms with Gasteiger partial charge in [-0.15, -0.1) is 12.3 Å². The van der Waals surface area contributed by atoms with Gasteiger partial charge in [-0.05, 0) is 42.8 Å². The molecule has 17 heteroatoms. The summed E-state index contributed by atoms with van der Waals surface area (Å²) in [6.07, 6.45) is 1.39. The molecule has 3 aliphatic rings. The van der Waals surface area contributed by atoms with Gasteiger partial charge in [-0.1, -0.05) is 93.5 Å². The SMILES string of the molecule is C#CCCCO[C@@H]1OC(C)[C@@H](O[C@@H]2OC(COC(C)=O)[C@@H](O[C@@H]3OC(C)[C@@H](C)[C@@H](OCc4ccccc4)C3C)[C@H](C)C2N=[N+]=[N-])[C@@H](OCc2ccccc2)C1C.O=C=O.O=C=O. The summed E-state index contributed by atoms with van der Waals surface area (Å²) in [5.41, 5.74) is 11.9. The van der Waals surface area contributed by atoms with Crippen molar-refractivity contribution in [2.75, 3.05) is 13.2 Å². The third kappa shape index (κ3) is 15.2. The maximum absolute atomic E-state index is 12.1. The van der Waals surface area contributed by atoms with E-state index >= 15 is 0 Å². The quantitative estimate of drug-likeness (QED) is 0.0433. The fourth-order valence-corrected chi connectivity index (χ4v) is 7.78. The van der Waals surface area contributed by atoms with Gasteiger partial charge in [0.05, 0.1) is 56.4 Å². The van der Waals surface area contributed by atoms with Crippen molar-refractivity contribution >= 4 is 18.3 Å². The van der Waals surface area contributed by atoms with E-state index in [-0.39, 0.29) is 48.9 Å². The number of rotatable bonds is 17. The lowest BCUT2D eigenvalue weighted by atomic mass is 9.85. The zero-order valence-electron chi connectivity index (χ0n) is 36.3. The van der Waals surface area contributed by atoms with Crippen LogP contribution in [0.2, 0.25) is 0 Å². The summed E-state index contributed by atoms with van der Waals surface area (Å²) in [6, 6.07) is 19.1. The molecule has 3 aliphatic heterocycles. The van der Waals surface area contributed by atoms with E-state index in [0.29, 0.717) is 32.7 Å². The summed E-state index contributed by atoms with van der Waals surface area (Å²) in [5.74, 6) is 1.36. The van der Waals surface area contributed by atoms with Crippen LogP contribution in [0.25, 0.3) is 10.4 Å². The molecule has 15 atom stereocenters. The van der Waals surface area contributed by atoms with Crippen molar-refractivity contribution in [1.82, 2.24) is 0 Å². The fraction of sp³-hybridized carbons (Fsp3) is 0.622. The van der Waals surface area contributed by atoms with Crippen LogP contribution in [0.4, 0.5) is 0 Å². The highest BCUT2D eigenvalue weighted by Gasteiger charge is 2.52. The zero-order chi connectivity index (χ0) is 45.6. The minimum atomic E-state index is -1.06.